The van der Waals surface area contributed by atoms with Gasteiger partial charge in [-0.05, 0) is 31.9 Å². The van der Waals surface area contributed by atoms with Gasteiger partial charge in [-0.25, -0.2) is 0 Å². The molecule has 1 heterocycles. The second-order valence-electron chi connectivity index (χ2n) is 3.73. The van der Waals surface area contributed by atoms with Crippen LogP contribution in [-0.4, -0.2) is 17.3 Å². The van der Waals surface area contributed by atoms with E-state index in [4.69, 9.17) is 9.52 Å². The predicted octanol–water partition coefficient (Wildman–Crippen LogP) is 1.45. The first-order valence-corrected chi connectivity index (χ1v) is 4.73. The summed E-state index contributed by atoms with van der Waals surface area (Å²) in [6.45, 7) is 2.07. The summed E-state index contributed by atoms with van der Waals surface area (Å²) in [4.78, 5) is 0. The number of rotatable bonds is 3. The summed E-state index contributed by atoms with van der Waals surface area (Å²) in [6.07, 6.45) is 3.32. The largest absolute Gasteiger partial charge is 0.468 e. The van der Waals surface area contributed by atoms with Gasteiger partial charge in [0.15, 0.2) is 0 Å². The lowest BCUT2D eigenvalue weighted by molar-refractivity contribution is 0.0574. The fourth-order valence-electron chi connectivity index (χ4n) is 1.70. The molecule has 3 heteroatoms. The second kappa shape index (κ2) is 3.52. The van der Waals surface area contributed by atoms with Crippen LogP contribution in [0.1, 0.15) is 31.6 Å². The summed E-state index contributed by atoms with van der Waals surface area (Å²) in [6, 6.07) is 4.55. The lowest BCUT2D eigenvalue weighted by Gasteiger charge is -2.34. The third-order valence-corrected chi connectivity index (χ3v) is 2.57. The molecule has 13 heavy (non-hydrogen) atoms. The van der Waals surface area contributed by atoms with Gasteiger partial charge in [-0.3, -0.25) is 0 Å². The highest BCUT2D eigenvalue weighted by molar-refractivity contribution is 5.04. The van der Waals surface area contributed by atoms with Crippen LogP contribution in [0.3, 0.4) is 0 Å². The molecular formula is C10H15NO2. The molecule has 1 atom stereocenters. The highest BCUT2D eigenvalue weighted by Gasteiger charge is 2.28. The summed E-state index contributed by atoms with van der Waals surface area (Å²) in [5, 5.41) is 12.5. The van der Waals surface area contributed by atoms with E-state index in [1.54, 1.807) is 6.26 Å². The van der Waals surface area contributed by atoms with Crippen molar-refractivity contribution >= 4 is 0 Å². The Balaban J connectivity index is 1.82. The van der Waals surface area contributed by atoms with Gasteiger partial charge in [-0.1, -0.05) is 0 Å². The number of nitrogens with one attached hydrogen (secondary N) is 1. The molecule has 0 spiro atoms. The maximum absolute atomic E-state index is 9.10. The first-order chi connectivity index (χ1) is 6.25. The van der Waals surface area contributed by atoms with Gasteiger partial charge in [0.1, 0.15) is 5.76 Å². The molecule has 0 radical (unpaired) electrons. The van der Waals surface area contributed by atoms with Crippen LogP contribution in [0.2, 0.25) is 0 Å². The zero-order chi connectivity index (χ0) is 9.26. The molecule has 1 aliphatic rings. The van der Waals surface area contributed by atoms with Gasteiger partial charge in [-0.2, -0.15) is 0 Å². The molecular weight excluding hydrogens is 166 g/mol. The van der Waals surface area contributed by atoms with E-state index in [9.17, 15) is 0 Å². The summed E-state index contributed by atoms with van der Waals surface area (Å²) < 4.78 is 5.27. The van der Waals surface area contributed by atoms with Gasteiger partial charge in [0.2, 0.25) is 0 Å². The molecule has 2 rings (SSSR count). The molecule has 1 aromatic rings. The van der Waals surface area contributed by atoms with Gasteiger partial charge < -0.3 is 14.8 Å². The lowest BCUT2D eigenvalue weighted by Crippen LogP contribution is -2.44. The van der Waals surface area contributed by atoms with Gasteiger partial charge in [0.05, 0.1) is 18.4 Å². The highest BCUT2D eigenvalue weighted by Crippen LogP contribution is 2.23. The van der Waals surface area contributed by atoms with Crippen molar-refractivity contribution in [3.05, 3.63) is 24.2 Å². The minimum atomic E-state index is -0.0960. The molecule has 0 aliphatic heterocycles. The van der Waals surface area contributed by atoms with Crippen LogP contribution in [0.5, 0.6) is 0 Å². The predicted molar refractivity (Wildman–Crippen MR) is 49.3 cm³/mol. The average molecular weight is 181 g/mol. The van der Waals surface area contributed by atoms with E-state index < -0.39 is 0 Å². The van der Waals surface area contributed by atoms with Crippen LogP contribution in [-0.2, 0) is 0 Å². The van der Waals surface area contributed by atoms with Crippen LogP contribution < -0.4 is 5.32 Å². The van der Waals surface area contributed by atoms with Crippen molar-refractivity contribution in [2.75, 3.05) is 0 Å². The fraction of sp³-hybridized carbons (Fsp3) is 0.600. The van der Waals surface area contributed by atoms with E-state index in [-0.39, 0.29) is 12.1 Å². The normalized spacial score (nSPS) is 29.7. The van der Waals surface area contributed by atoms with Gasteiger partial charge >= 0.3 is 0 Å². The third-order valence-electron chi connectivity index (χ3n) is 2.57. The molecule has 1 saturated carbocycles. The smallest absolute Gasteiger partial charge is 0.120 e. The number of aliphatic hydroxyl groups is 1. The van der Waals surface area contributed by atoms with Crippen LogP contribution >= 0.6 is 0 Å². The monoisotopic (exact) mass is 181 g/mol. The van der Waals surface area contributed by atoms with E-state index in [0.717, 1.165) is 18.6 Å². The lowest BCUT2D eigenvalue weighted by atomic mass is 9.89. The van der Waals surface area contributed by atoms with E-state index in [1.807, 2.05) is 12.1 Å². The number of aliphatic hydroxyl groups excluding tert-OH is 1. The Hall–Kier alpha value is -0.800. The molecule has 1 unspecified atom stereocenters. The Bertz CT molecular complexity index is 252. The van der Waals surface area contributed by atoms with Crippen molar-refractivity contribution in [2.45, 2.75) is 38.0 Å². The number of hydrogen-bond donors (Lipinski definition) is 2. The molecule has 0 bridgehead atoms. The topological polar surface area (TPSA) is 45.4 Å². The first-order valence-electron chi connectivity index (χ1n) is 4.73. The fourth-order valence-corrected chi connectivity index (χ4v) is 1.70. The summed E-state index contributed by atoms with van der Waals surface area (Å²) in [5.74, 6) is 0.960. The highest BCUT2D eigenvalue weighted by atomic mass is 16.3. The minimum Gasteiger partial charge on any atom is -0.468 e. The average Bonchev–Trinajstić information content (AvgIpc) is 2.53. The van der Waals surface area contributed by atoms with Gasteiger partial charge in [-0.15, -0.1) is 0 Å². The molecule has 1 aliphatic carbocycles. The van der Waals surface area contributed by atoms with Crippen LogP contribution in [0.15, 0.2) is 22.8 Å². The SMILES string of the molecule is CC(NC1CC(O)C1)c1ccco1. The standard InChI is InChI=1S/C10H15NO2/c1-7(10-3-2-4-13-10)11-8-5-9(12)6-8/h2-4,7-9,11-12H,5-6H2,1H3. The summed E-state index contributed by atoms with van der Waals surface area (Å²) in [7, 11) is 0. The van der Waals surface area contributed by atoms with Crippen molar-refractivity contribution in [3.8, 4) is 0 Å². The van der Waals surface area contributed by atoms with Gasteiger partial charge in [0.25, 0.3) is 0 Å². The minimum absolute atomic E-state index is 0.0960. The maximum Gasteiger partial charge on any atom is 0.120 e. The van der Waals surface area contributed by atoms with Crippen molar-refractivity contribution in [3.63, 3.8) is 0 Å². The van der Waals surface area contributed by atoms with Crippen molar-refractivity contribution in [1.82, 2.24) is 5.32 Å². The Kier molecular flexibility index (Phi) is 2.38. The zero-order valence-electron chi connectivity index (χ0n) is 7.73. The van der Waals surface area contributed by atoms with Crippen LogP contribution in [0.25, 0.3) is 0 Å². The Morgan fingerprint density at radius 1 is 1.62 bits per heavy atom. The summed E-state index contributed by atoms with van der Waals surface area (Å²) in [5.41, 5.74) is 0. The maximum atomic E-state index is 9.10. The number of furan rings is 1. The Labute approximate surface area is 77.8 Å². The van der Waals surface area contributed by atoms with Crippen molar-refractivity contribution < 1.29 is 9.52 Å². The summed E-state index contributed by atoms with van der Waals surface area (Å²) >= 11 is 0. The molecule has 72 valence electrons. The van der Waals surface area contributed by atoms with Crippen LogP contribution in [0, 0.1) is 0 Å². The van der Waals surface area contributed by atoms with Crippen molar-refractivity contribution in [2.24, 2.45) is 0 Å². The quantitative estimate of drug-likeness (QED) is 0.742. The molecule has 2 N–H and O–H groups in total. The Morgan fingerprint density at radius 2 is 2.38 bits per heavy atom. The van der Waals surface area contributed by atoms with Crippen LogP contribution in [0.4, 0.5) is 0 Å². The molecule has 0 aromatic carbocycles. The molecule has 0 saturated heterocycles. The first kappa shape index (κ1) is 8.78. The van der Waals surface area contributed by atoms with E-state index >= 15 is 0 Å². The molecule has 1 fully saturated rings. The van der Waals surface area contributed by atoms with E-state index in [2.05, 4.69) is 12.2 Å². The van der Waals surface area contributed by atoms with Crippen molar-refractivity contribution in [1.29, 1.82) is 0 Å². The number of hydrogen-bond acceptors (Lipinski definition) is 3. The third kappa shape index (κ3) is 1.92. The van der Waals surface area contributed by atoms with Gasteiger partial charge in [0, 0.05) is 6.04 Å². The molecule has 3 nitrogen and oxygen atoms in total. The van der Waals surface area contributed by atoms with E-state index in [1.165, 1.54) is 0 Å². The van der Waals surface area contributed by atoms with E-state index in [0.29, 0.717) is 6.04 Å². The molecule has 1 aromatic heterocycles. The zero-order valence-corrected chi connectivity index (χ0v) is 7.73. The molecule has 0 amide bonds. The Morgan fingerprint density at radius 3 is 2.92 bits per heavy atom. The second-order valence-corrected chi connectivity index (χ2v) is 3.73.